The fraction of sp³-hybridized carbons (Fsp3) is 0.417. The molecule has 1 unspecified atom stereocenters. The average molecular weight is 229 g/mol. The molecule has 1 atom stereocenters. The summed E-state index contributed by atoms with van der Waals surface area (Å²) >= 11 is 0. The molecule has 0 radical (unpaired) electrons. The van der Waals surface area contributed by atoms with E-state index in [0.29, 0.717) is 0 Å². The third kappa shape index (κ3) is 2.06. The lowest BCUT2D eigenvalue weighted by atomic mass is 10.2. The van der Waals surface area contributed by atoms with Gasteiger partial charge in [0.15, 0.2) is 5.82 Å². The van der Waals surface area contributed by atoms with E-state index in [1.165, 1.54) is 12.0 Å². The Morgan fingerprint density at radius 2 is 2.35 bits per heavy atom. The molecule has 1 saturated heterocycles. The van der Waals surface area contributed by atoms with Crippen molar-refractivity contribution in [3.63, 3.8) is 0 Å². The highest BCUT2D eigenvalue weighted by atomic mass is 15.6. The van der Waals surface area contributed by atoms with Gasteiger partial charge in [-0.3, -0.25) is 0 Å². The second-order valence-electron chi connectivity index (χ2n) is 4.43. The summed E-state index contributed by atoms with van der Waals surface area (Å²) in [5.74, 6) is 0.795. The highest BCUT2D eigenvalue weighted by Crippen LogP contribution is 2.19. The molecule has 0 saturated carbocycles. The number of tetrazole rings is 1. The Labute approximate surface area is 99.8 Å². The van der Waals surface area contributed by atoms with Crippen LogP contribution in [-0.4, -0.2) is 26.8 Å². The average Bonchev–Trinajstić information content (AvgIpc) is 3.00. The van der Waals surface area contributed by atoms with Crippen LogP contribution in [0, 0.1) is 6.92 Å². The zero-order chi connectivity index (χ0) is 11.7. The molecule has 0 bridgehead atoms. The largest absolute Gasteiger partial charge is 0.307 e. The van der Waals surface area contributed by atoms with Gasteiger partial charge >= 0.3 is 0 Å². The summed E-state index contributed by atoms with van der Waals surface area (Å²) in [6.45, 7) is 3.10. The number of aryl methyl sites for hydroxylation is 1. The molecular formula is C12H15N5. The molecule has 1 fully saturated rings. The molecule has 0 aliphatic carbocycles. The summed E-state index contributed by atoms with van der Waals surface area (Å²) in [5, 5.41) is 16.0. The molecule has 17 heavy (non-hydrogen) atoms. The minimum absolute atomic E-state index is 0.272. The lowest BCUT2D eigenvalue weighted by Gasteiger charge is -2.02. The number of benzene rings is 1. The molecule has 2 heterocycles. The highest BCUT2D eigenvalue weighted by molar-refractivity contribution is 5.33. The van der Waals surface area contributed by atoms with Crippen molar-refractivity contribution in [3.05, 3.63) is 35.7 Å². The normalized spacial score (nSPS) is 19.7. The Balaban J connectivity index is 1.89. The second-order valence-corrected chi connectivity index (χ2v) is 4.43. The van der Waals surface area contributed by atoms with E-state index in [0.717, 1.165) is 24.5 Å². The fourth-order valence-electron chi connectivity index (χ4n) is 2.13. The maximum atomic E-state index is 4.44. The smallest absolute Gasteiger partial charge is 0.192 e. The van der Waals surface area contributed by atoms with E-state index in [4.69, 9.17) is 0 Å². The Morgan fingerprint density at radius 1 is 1.41 bits per heavy atom. The summed E-state index contributed by atoms with van der Waals surface area (Å²) in [6, 6.07) is 8.36. The number of hydrogen-bond donors (Lipinski definition) is 1. The van der Waals surface area contributed by atoms with Crippen LogP contribution in [0.4, 0.5) is 0 Å². The monoisotopic (exact) mass is 229 g/mol. The van der Waals surface area contributed by atoms with Crippen molar-refractivity contribution in [1.29, 1.82) is 0 Å². The standard InChI is InChI=1S/C12H15N5/c1-9-4-2-5-10(8-9)17-15-12(14-16-17)11-6-3-7-13-11/h2,4-5,8,11,13H,3,6-7H2,1H3. The molecule has 1 aromatic heterocycles. The minimum Gasteiger partial charge on any atom is -0.307 e. The highest BCUT2D eigenvalue weighted by Gasteiger charge is 2.20. The van der Waals surface area contributed by atoms with Crippen LogP contribution in [0.3, 0.4) is 0 Å². The van der Waals surface area contributed by atoms with Crippen molar-refractivity contribution >= 4 is 0 Å². The third-order valence-corrected chi connectivity index (χ3v) is 3.03. The van der Waals surface area contributed by atoms with E-state index < -0.39 is 0 Å². The van der Waals surface area contributed by atoms with Crippen molar-refractivity contribution in [3.8, 4) is 5.69 Å². The molecular weight excluding hydrogens is 214 g/mol. The molecule has 2 aromatic rings. The summed E-state index contributed by atoms with van der Waals surface area (Å²) in [6.07, 6.45) is 2.28. The van der Waals surface area contributed by atoms with E-state index in [-0.39, 0.29) is 6.04 Å². The van der Waals surface area contributed by atoms with Crippen molar-refractivity contribution in [2.24, 2.45) is 0 Å². The van der Waals surface area contributed by atoms with Gasteiger partial charge in [-0.05, 0) is 49.2 Å². The molecule has 0 amide bonds. The summed E-state index contributed by atoms with van der Waals surface area (Å²) in [5.41, 5.74) is 2.15. The molecule has 1 aliphatic rings. The van der Waals surface area contributed by atoms with Crippen molar-refractivity contribution in [2.45, 2.75) is 25.8 Å². The van der Waals surface area contributed by atoms with Gasteiger partial charge in [-0.1, -0.05) is 12.1 Å². The van der Waals surface area contributed by atoms with Crippen LogP contribution in [0.25, 0.3) is 5.69 Å². The van der Waals surface area contributed by atoms with E-state index >= 15 is 0 Å². The summed E-state index contributed by atoms with van der Waals surface area (Å²) in [4.78, 5) is 1.60. The van der Waals surface area contributed by atoms with E-state index in [1.807, 2.05) is 18.2 Å². The van der Waals surface area contributed by atoms with Crippen molar-refractivity contribution in [2.75, 3.05) is 6.54 Å². The van der Waals surface area contributed by atoms with Crippen LogP contribution in [-0.2, 0) is 0 Å². The Morgan fingerprint density at radius 3 is 3.12 bits per heavy atom. The second kappa shape index (κ2) is 4.25. The van der Waals surface area contributed by atoms with Crippen LogP contribution in [0.5, 0.6) is 0 Å². The molecule has 1 N–H and O–H groups in total. The molecule has 1 aromatic carbocycles. The third-order valence-electron chi connectivity index (χ3n) is 3.03. The Kier molecular flexibility index (Phi) is 2.60. The maximum absolute atomic E-state index is 4.44. The van der Waals surface area contributed by atoms with Crippen molar-refractivity contribution in [1.82, 2.24) is 25.5 Å². The molecule has 5 heteroatoms. The van der Waals surface area contributed by atoms with E-state index in [9.17, 15) is 0 Å². The zero-order valence-corrected chi connectivity index (χ0v) is 9.80. The predicted octanol–water partition coefficient (Wildman–Crippen LogP) is 1.40. The first-order valence-corrected chi connectivity index (χ1v) is 5.93. The zero-order valence-electron chi connectivity index (χ0n) is 9.80. The first-order valence-electron chi connectivity index (χ1n) is 5.93. The number of nitrogens with one attached hydrogen (secondary N) is 1. The van der Waals surface area contributed by atoms with Gasteiger partial charge in [0, 0.05) is 0 Å². The lowest BCUT2D eigenvalue weighted by molar-refractivity contribution is 0.602. The Hall–Kier alpha value is -1.75. The summed E-state index contributed by atoms with van der Waals surface area (Å²) in [7, 11) is 0. The Bertz CT molecular complexity index is 513. The molecule has 5 nitrogen and oxygen atoms in total. The van der Waals surface area contributed by atoms with Crippen LogP contribution in [0.1, 0.15) is 30.3 Å². The number of aromatic nitrogens is 4. The van der Waals surface area contributed by atoms with Gasteiger partial charge < -0.3 is 5.32 Å². The number of hydrogen-bond acceptors (Lipinski definition) is 4. The van der Waals surface area contributed by atoms with Crippen LogP contribution in [0.2, 0.25) is 0 Å². The van der Waals surface area contributed by atoms with Crippen LogP contribution >= 0.6 is 0 Å². The van der Waals surface area contributed by atoms with E-state index in [1.54, 1.807) is 4.80 Å². The SMILES string of the molecule is Cc1cccc(-n2nnc(C3CCCN3)n2)c1. The summed E-state index contributed by atoms with van der Waals surface area (Å²) < 4.78 is 0. The van der Waals surface area contributed by atoms with Gasteiger partial charge in [-0.25, -0.2) is 0 Å². The van der Waals surface area contributed by atoms with Gasteiger partial charge in [-0.2, -0.15) is 0 Å². The first-order chi connectivity index (χ1) is 8.33. The molecule has 1 aliphatic heterocycles. The van der Waals surface area contributed by atoms with Gasteiger partial charge in [0.25, 0.3) is 0 Å². The predicted molar refractivity (Wildman–Crippen MR) is 63.9 cm³/mol. The van der Waals surface area contributed by atoms with Gasteiger partial charge in [0.2, 0.25) is 0 Å². The number of rotatable bonds is 2. The maximum Gasteiger partial charge on any atom is 0.192 e. The van der Waals surface area contributed by atoms with Gasteiger partial charge in [0.1, 0.15) is 0 Å². The quantitative estimate of drug-likeness (QED) is 0.845. The molecule has 0 spiro atoms. The van der Waals surface area contributed by atoms with Gasteiger partial charge in [0.05, 0.1) is 11.7 Å². The van der Waals surface area contributed by atoms with Crippen LogP contribution < -0.4 is 5.32 Å². The lowest BCUT2D eigenvalue weighted by Crippen LogP contribution is -2.14. The fourth-order valence-corrected chi connectivity index (χ4v) is 2.13. The minimum atomic E-state index is 0.272. The molecule has 3 rings (SSSR count). The number of nitrogens with zero attached hydrogens (tertiary/aromatic N) is 4. The topological polar surface area (TPSA) is 55.6 Å². The van der Waals surface area contributed by atoms with Crippen molar-refractivity contribution < 1.29 is 0 Å². The van der Waals surface area contributed by atoms with Crippen LogP contribution in [0.15, 0.2) is 24.3 Å². The molecule has 88 valence electrons. The first kappa shape index (κ1) is 10.4. The van der Waals surface area contributed by atoms with E-state index in [2.05, 4.69) is 33.7 Å². The van der Waals surface area contributed by atoms with Gasteiger partial charge in [-0.15, -0.1) is 15.0 Å².